The molecule has 0 radical (unpaired) electrons. The van der Waals surface area contributed by atoms with Gasteiger partial charge < -0.3 is 20.5 Å². The molecule has 5 heteroatoms. The largest absolute Gasteiger partial charge is 0.381 e. The lowest BCUT2D eigenvalue weighted by atomic mass is 9.94. The van der Waals surface area contributed by atoms with Gasteiger partial charge in [0.25, 0.3) is 0 Å². The quantitative estimate of drug-likeness (QED) is 0.659. The van der Waals surface area contributed by atoms with Crippen molar-refractivity contribution in [2.45, 2.75) is 32.3 Å². The van der Waals surface area contributed by atoms with Gasteiger partial charge in [0.05, 0.1) is 12.1 Å². The fourth-order valence-electron chi connectivity index (χ4n) is 2.63. The summed E-state index contributed by atoms with van der Waals surface area (Å²) in [5.74, 6) is 0.419. The summed E-state index contributed by atoms with van der Waals surface area (Å²) in [6.45, 7) is 6.11. The highest BCUT2D eigenvalue weighted by molar-refractivity contribution is 5.92. The van der Waals surface area contributed by atoms with Gasteiger partial charge in [0.15, 0.2) is 5.96 Å². The molecule has 1 heterocycles. The van der Waals surface area contributed by atoms with E-state index in [1.165, 1.54) is 11.1 Å². The number of nitrogens with zero attached hydrogens (tertiary/aromatic N) is 1. The van der Waals surface area contributed by atoms with Crippen molar-refractivity contribution in [1.29, 1.82) is 0 Å². The summed E-state index contributed by atoms with van der Waals surface area (Å²) in [5, 5.41) is 3.15. The van der Waals surface area contributed by atoms with E-state index in [4.69, 9.17) is 15.2 Å². The topological polar surface area (TPSA) is 68.9 Å². The lowest BCUT2D eigenvalue weighted by Crippen LogP contribution is -2.42. The summed E-state index contributed by atoms with van der Waals surface area (Å²) < 4.78 is 11.0. The number of hydrogen-bond donors (Lipinski definition) is 2. The van der Waals surface area contributed by atoms with Crippen molar-refractivity contribution < 1.29 is 9.47 Å². The monoisotopic (exact) mass is 291 g/mol. The maximum atomic E-state index is 5.99. The van der Waals surface area contributed by atoms with Crippen LogP contribution in [0.25, 0.3) is 0 Å². The molecule has 1 aliphatic heterocycles. The molecule has 1 aromatic rings. The summed E-state index contributed by atoms with van der Waals surface area (Å²) in [5.41, 5.74) is 9.11. The van der Waals surface area contributed by atoms with Crippen molar-refractivity contribution in [3.05, 3.63) is 29.3 Å². The van der Waals surface area contributed by atoms with Gasteiger partial charge in [0.2, 0.25) is 0 Å². The Balaban J connectivity index is 2.00. The number of nitrogens with one attached hydrogen (secondary N) is 1. The average molecular weight is 291 g/mol. The Kier molecular flexibility index (Phi) is 5.20. The molecule has 5 nitrogen and oxygen atoms in total. The molecule has 0 aliphatic carbocycles. The third-order valence-electron chi connectivity index (χ3n) is 3.87. The number of hydrogen-bond acceptors (Lipinski definition) is 3. The first kappa shape index (κ1) is 15.8. The average Bonchev–Trinajstić information content (AvgIpc) is 2.45. The molecule has 0 aromatic heterocycles. The molecule has 0 bridgehead atoms. The van der Waals surface area contributed by atoms with Gasteiger partial charge in [0.1, 0.15) is 0 Å². The number of benzene rings is 1. The van der Waals surface area contributed by atoms with Crippen LogP contribution in [-0.2, 0) is 9.47 Å². The van der Waals surface area contributed by atoms with Crippen LogP contribution < -0.4 is 11.1 Å². The van der Waals surface area contributed by atoms with Crippen LogP contribution in [-0.4, -0.2) is 38.4 Å². The number of methoxy groups -OCH3 is 1. The van der Waals surface area contributed by atoms with Crippen LogP contribution in [0.1, 0.15) is 24.0 Å². The smallest absolute Gasteiger partial charge is 0.193 e. The molecule has 0 saturated carbocycles. The summed E-state index contributed by atoms with van der Waals surface area (Å²) in [6.07, 6.45) is 1.70. The Bertz CT molecular complexity index is 488. The van der Waals surface area contributed by atoms with Crippen molar-refractivity contribution in [1.82, 2.24) is 0 Å². The number of ether oxygens (including phenoxy) is 2. The van der Waals surface area contributed by atoms with E-state index >= 15 is 0 Å². The van der Waals surface area contributed by atoms with E-state index in [2.05, 4.69) is 42.4 Å². The number of nitrogens with two attached hydrogens (primary N) is 1. The molecule has 1 aliphatic rings. The molecule has 1 fully saturated rings. The minimum atomic E-state index is -0.243. The zero-order chi connectivity index (χ0) is 15.3. The van der Waals surface area contributed by atoms with Gasteiger partial charge in [-0.05, 0) is 37.1 Å². The summed E-state index contributed by atoms with van der Waals surface area (Å²) in [7, 11) is 1.73. The van der Waals surface area contributed by atoms with Crippen molar-refractivity contribution in [2.24, 2.45) is 10.7 Å². The number of guanidine groups is 1. The molecule has 1 saturated heterocycles. The molecule has 116 valence electrons. The minimum absolute atomic E-state index is 0.243. The van der Waals surface area contributed by atoms with Gasteiger partial charge in [-0.1, -0.05) is 6.07 Å². The van der Waals surface area contributed by atoms with Gasteiger partial charge in [-0.2, -0.15) is 0 Å². The Morgan fingerprint density at radius 3 is 2.48 bits per heavy atom. The highest BCUT2D eigenvalue weighted by atomic mass is 16.5. The molecule has 21 heavy (non-hydrogen) atoms. The molecule has 0 atom stereocenters. The van der Waals surface area contributed by atoms with E-state index in [1.807, 2.05) is 0 Å². The molecule has 3 N–H and O–H groups in total. The van der Waals surface area contributed by atoms with E-state index in [0.717, 1.165) is 18.5 Å². The lowest BCUT2D eigenvalue weighted by Gasteiger charge is -2.34. The first-order chi connectivity index (χ1) is 10.0. The van der Waals surface area contributed by atoms with Crippen LogP contribution in [0.2, 0.25) is 0 Å². The zero-order valence-corrected chi connectivity index (χ0v) is 13.1. The second-order valence-corrected chi connectivity index (χ2v) is 5.70. The van der Waals surface area contributed by atoms with Crippen LogP contribution in [0.3, 0.4) is 0 Å². The Hall–Kier alpha value is -1.59. The standard InChI is InChI=1S/C16H25N3O2/c1-12-8-13(2)10-14(9-12)19-15(17)18-11-16(20-3)4-6-21-7-5-16/h8-10H,4-7,11H2,1-3H3,(H3,17,18,19). The lowest BCUT2D eigenvalue weighted by molar-refractivity contribution is -0.0828. The van der Waals surface area contributed by atoms with Crippen LogP contribution in [0.15, 0.2) is 23.2 Å². The maximum Gasteiger partial charge on any atom is 0.193 e. The molecule has 0 amide bonds. The van der Waals surface area contributed by atoms with Crippen molar-refractivity contribution in [2.75, 3.05) is 32.2 Å². The van der Waals surface area contributed by atoms with Gasteiger partial charge >= 0.3 is 0 Å². The van der Waals surface area contributed by atoms with Crippen molar-refractivity contribution >= 4 is 11.6 Å². The Labute approximate surface area is 126 Å². The number of anilines is 1. The van der Waals surface area contributed by atoms with Crippen molar-refractivity contribution in [3.8, 4) is 0 Å². The zero-order valence-electron chi connectivity index (χ0n) is 13.1. The van der Waals surface area contributed by atoms with Crippen LogP contribution in [0, 0.1) is 13.8 Å². The van der Waals surface area contributed by atoms with Gasteiger partial charge in [0, 0.05) is 38.9 Å². The van der Waals surface area contributed by atoms with Gasteiger partial charge in [-0.3, -0.25) is 4.99 Å². The van der Waals surface area contributed by atoms with E-state index in [-0.39, 0.29) is 5.60 Å². The summed E-state index contributed by atoms with van der Waals surface area (Å²) in [6, 6.07) is 6.23. The number of aryl methyl sites for hydroxylation is 2. The summed E-state index contributed by atoms with van der Waals surface area (Å²) >= 11 is 0. The fraction of sp³-hybridized carbons (Fsp3) is 0.562. The first-order valence-electron chi connectivity index (χ1n) is 7.31. The van der Waals surface area contributed by atoms with Crippen molar-refractivity contribution in [3.63, 3.8) is 0 Å². The molecule has 0 unspecified atom stereocenters. The summed E-state index contributed by atoms with van der Waals surface area (Å²) in [4.78, 5) is 4.45. The Morgan fingerprint density at radius 1 is 1.29 bits per heavy atom. The molecular formula is C16H25N3O2. The Morgan fingerprint density at radius 2 is 1.90 bits per heavy atom. The number of rotatable bonds is 4. The van der Waals surface area contributed by atoms with Gasteiger partial charge in [-0.25, -0.2) is 0 Å². The third kappa shape index (κ3) is 4.44. The second kappa shape index (κ2) is 6.91. The van der Waals surface area contributed by atoms with Crippen LogP contribution in [0.4, 0.5) is 5.69 Å². The van der Waals surface area contributed by atoms with E-state index in [0.29, 0.717) is 25.7 Å². The molecular weight excluding hydrogens is 266 g/mol. The van der Waals surface area contributed by atoms with Gasteiger partial charge in [-0.15, -0.1) is 0 Å². The van der Waals surface area contributed by atoms with Crippen LogP contribution in [0.5, 0.6) is 0 Å². The molecule has 1 aromatic carbocycles. The predicted octanol–water partition coefficient (Wildman–Crippen LogP) is 2.23. The van der Waals surface area contributed by atoms with E-state index in [1.54, 1.807) is 7.11 Å². The fourth-order valence-corrected chi connectivity index (χ4v) is 2.63. The normalized spacial score (nSPS) is 18.5. The minimum Gasteiger partial charge on any atom is -0.381 e. The SMILES string of the molecule is COC1(CN=C(N)Nc2cc(C)cc(C)c2)CCOCC1. The highest BCUT2D eigenvalue weighted by Gasteiger charge is 2.32. The van der Waals surface area contributed by atoms with Crippen LogP contribution >= 0.6 is 0 Å². The second-order valence-electron chi connectivity index (χ2n) is 5.70. The maximum absolute atomic E-state index is 5.99. The first-order valence-corrected chi connectivity index (χ1v) is 7.31. The highest BCUT2D eigenvalue weighted by Crippen LogP contribution is 2.24. The molecule has 2 rings (SSSR count). The molecule has 0 spiro atoms. The van der Waals surface area contributed by atoms with E-state index in [9.17, 15) is 0 Å². The number of aliphatic imine (C=N–C) groups is 1. The third-order valence-corrected chi connectivity index (χ3v) is 3.87. The predicted molar refractivity (Wildman–Crippen MR) is 85.8 cm³/mol. The van der Waals surface area contributed by atoms with E-state index < -0.39 is 0 Å².